The Morgan fingerprint density at radius 3 is 2.44 bits per heavy atom. The van der Waals surface area contributed by atoms with E-state index in [1.165, 1.54) is 14.2 Å². The molecule has 0 unspecified atom stereocenters. The highest BCUT2D eigenvalue weighted by molar-refractivity contribution is 5.96. The number of anilines is 1. The lowest BCUT2D eigenvalue weighted by molar-refractivity contribution is -0.147. The molecule has 1 aliphatic rings. The molecule has 0 spiro atoms. The zero-order valence-corrected chi connectivity index (χ0v) is 14.8. The smallest absolute Gasteiger partial charge is 0.337 e. The van der Waals surface area contributed by atoms with E-state index in [1.54, 1.807) is 18.2 Å². The SMILES string of the molecule is COC(=O)c1ccc(C)c(NC(=O)CN2CCC(C(=O)OC)CC2)c1. The monoisotopic (exact) mass is 348 g/mol. The van der Waals surface area contributed by atoms with Crippen LogP contribution in [0.25, 0.3) is 0 Å². The Balaban J connectivity index is 1.91. The molecule has 7 heteroatoms. The van der Waals surface area contributed by atoms with Crippen LogP contribution in [0.3, 0.4) is 0 Å². The number of esters is 2. The predicted octanol–water partition coefficient (Wildman–Crippen LogP) is 1.61. The Bertz CT molecular complexity index is 651. The van der Waals surface area contributed by atoms with Crippen molar-refractivity contribution in [3.63, 3.8) is 0 Å². The summed E-state index contributed by atoms with van der Waals surface area (Å²) >= 11 is 0. The number of methoxy groups -OCH3 is 2. The van der Waals surface area contributed by atoms with Gasteiger partial charge in [-0.05, 0) is 50.6 Å². The van der Waals surface area contributed by atoms with Crippen LogP contribution in [0.5, 0.6) is 0 Å². The number of carbonyl (C=O) groups is 3. The molecule has 136 valence electrons. The van der Waals surface area contributed by atoms with Crippen LogP contribution in [0.1, 0.15) is 28.8 Å². The zero-order chi connectivity index (χ0) is 18.4. The lowest BCUT2D eigenvalue weighted by Gasteiger charge is -2.30. The molecule has 1 saturated heterocycles. The molecule has 1 aliphatic heterocycles. The molecule has 0 atom stereocenters. The van der Waals surface area contributed by atoms with E-state index < -0.39 is 5.97 Å². The highest BCUT2D eigenvalue weighted by atomic mass is 16.5. The van der Waals surface area contributed by atoms with Gasteiger partial charge in [0.1, 0.15) is 0 Å². The van der Waals surface area contributed by atoms with Crippen molar-refractivity contribution < 1.29 is 23.9 Å². The number of likely N-dealkylation sites (tertiary alicyclic amines) is 1. The summed E-state index contributed by atoms with van der Waals surface area (Å²) in [5.41, 5.74) is 1.85. The molecule has 1 amide bonds. The highest BCUT2D eigenvalue weighted by Crippen LogP contribution is 2.20. The first kappa shape index (κ1) is 18.9. The molecule has 1 heterocycles. The lowest BCUT2D eigenvalue weighted by atomic mass is 9.97. The molecule has 1 aromatic rings. The summed E-state index contributed by atoms with van der Waals surface area (Å²) in [4.78, 5) is 37.4. The molecule has 0 bridgehead atoms. The van der Waals surface area contributed by atoms with Gasteiger partial charge in [-0.2, -0.15) is 0 Å². The van der Waals surface area contributed by atoms with Crippen LogP contribution in [-0.2, 0) is 19.1 Å². The minimum absolute atomic E-state index is 0.0803. The van der Waals surface area contributed by atoms with Crippen molar-refractivity contribution in [2.45, 2.75) is 19.8 Å². The molecule has 25 heavy (non-hydrogen) atoms. The van der Waals surface area contributed by atoms with Gasteiger partial charge in [0.05, 0.1) is 32.2 Å². The summed E-state index contributed by atoms with van der Waals surface area (Å²) in [5, 5.41) is 2.84. The predicted molar refractivity (Wildman–Crippen MR) is 92.3 cm³/mol. The minimum Gasteiger partial charge on any atom is -0.469 e. The Morgan fingerprint density at radius 2 is 1.84 bits per heavy atom. The molecule has 0 radical (unpaired) electrons. The van der Waals surface area contributed by atoms with E-state index in [1.807, 2.05) is 11.8 Å². The lowest BCUT2D eigenvalue weighted by Crippen LogP contribution is -2.41. The molecule has 7 nitrogen and oxygen atoms in total. The van der Waals surface area contributed by atoms with Crippen LogP contribution in [0, 0.1) is 12.8 Å². The Labute approximate surface area is 147 Å². The third kappa shape index (κ3) is 5.03. The number of aryl methyl sites for hydroxylation is 1. The van der Waals surface area contributed by atoms with Gasteiger partial charge in [0.2, 0.25) is 5.91 Å². The van der Waals surface area contributed by atoms with Crippen LogP contribution in [0.2, 0.25) is 0 Å². The number of benzene rings is 1. The van der Waals surface area contributed by atoms with Crippen molar-refractivity contribution >= 4 is 23.5 Å². The highest BCUT2D eigenvalue weighted by Gasteiger charge is 2.26. The Hall–Kier alpha value is -2.41. The number of carbonyl (C=O) groups excluding carboxylic acids is 3. The fourth-order valence-corrected chi connectivity index (χ4v) is 2.89. The molecule has 0 saturated carbocycles. The Kier molecular flexibility index (Phi) is 6.52. The Morgan fingerprint density at radius 1 is 1.16 bits per heavy atom. The van der Waals surface area contributed by atoms with Crippen molar-refractivity contribution in [1.29, 1.82) is 0 Å². The first-order chi connectivity index (χ1) is 11.9. The first-order valence-corrected chi connectivity index (χ1v) is 8.23. The fraction of sp³-hybridized carbons (Fsp3) is 0.500. The van der Waals surface area contributed by atoms with Gasteiger partial charge in [-0.1, -0.05) is 6.07 Å². The number of hydrogen-bond donors (Lipinski definition) is 1. The summed E-state index contributed by atoms with van der Waals surface area (Å²) in [6.07, 6.45) is 1.38. The van der Waals surface area contributed by atoms with E-state index in [9.17, 15) is 14.4 Å². The second-order valence-corrected chi connectivity index (χ2v) is 6.14. The number of nitrogens with one attached hydrogen (secondary N) is 1. The van der Waals surface area contributed by atoms with Crippen molar-refractivity contribution in [3.8, 4) is 0 Å². The van der Waals surface area contributed by atoms with Crippen LogP contribution < -0.4 is 5.32 Å². The van der Waals surface area contributed by atoms with Gasteiger partial charge in [-0.3, -0.25) is 14.5 Å². The number of amides is 1. The van der Waals surface area contributed by atoms with Gasteiger partial charge in [0.15, 0.2) is 0 Å². The second-order valence-electron chi connectivity index (χ2n) is 6.14. The van der Waals surface area contributed by atoms with E-state index in [4.69, 9.17) is 9.47 Å². The van der Waals surface area contributed by atoms with Gasteiger partial charge in [-0.25, -0.2) is 4.79 Å². The van der Waals surface area contributed by atoms with Crippen molar-refractivity contribution in [3.05, 3.63) is 29.3 Å². The molecular formula is C18H24N2O5. The molecule has 1 fully saturated rings. The number of rotatable bonds is 5. The summed E-state index contributed by atoms with van der Waals surface area (Å²) in [6, 6.07) is 5.04. The van der Waals surface area contributed by atoms with E-state index in [0.29, 0.717) is 37.2 Å². The molecule has 1 N–H and O–H groups in total. The number of hydrogen-bond acceptors (Lipinski definition) is 6. The van der Waals surface area contributed by atoms with Gasteiger partial charge in [0, 0.05) is 5.69 Å². The maximum absolute atomic E-state index is 12.3. The van der Waals surface area contributed by atoms with Crippen LogP contribution in [0.4, 0.5) is 5.69 Å². The maximum Gasteiger partial charge on any atom is 0.337 e. The van der Waals surface area contributed by atoms with Crippen LogP contribution in [0.15, 0.2) is 18.2 Å². The standard InChI is InChI=1S/C18H24N2O5/c1-12-4-5-14(18(23)25-3)10-15(12)19-16(21)11-20-8-6-13(7-9-20)17(22)24-2/h4-5,10,13H,6-9,11H2,1-3H3,(H,19,21). The molecular weight excluding hydrogens is 324 g/mol. The van der Waals surface area contributed by atoms with E-state index >= 15 is 0 Å². The number of nitrogens with zero attached hydrogens (tertiary/aromatic N) is 1. The van der Waals surface area contributed by atoms with E-state index in [0.717, 1.165) is 5.56 Å². The van der Waals surface area contributed by atoms with Crippen molar-refractivity contribution in [2.75, 3.05) is 39.2 Å². The van der Waals surface area contributed by atoms with Crippen molar-refractivity contribution in [1.82, 2.24) is 4.90 Å². The van der Waals surface area contributed by atoms with E-state index in [2.05, 4.69) is 5.32 Å². The number of piperidine rings is 1. The van der Waals surface area contributed by atoms with Crippen LogP contribution in [-0.4, -0.2) is 56.6 Å². The minimum atomic E-state index is -0.444. The molecule has 2 rings (SSSR count). The zero-order valence-electron chi connectivity index (χ0n) is 14.8. The fourth-order valence-electron chi connectivity index (χ4n) is 2.89. The van der Waals surface area contributed by atoms with Gasteiger partial charge in [-0.15, -0.1) is 0 Å². The summed E-state index contributed by atoms with van der Waals surface area (Å²) in [5.74, 6) is -0.857. The summed E-state index contributed by atoms with van der Waals surface area (Å²) in [7, 11) is 2.71. The maximum atomic E-state index is 12.3. The molecule has 0 aromatic heterocycles. The normalized spacial score (nSPS) is 15.5. The molecule has 1 aromatic carbocycles. The average molecular weight is 348 g/mol. The third-order valence-electron chi connectivity index (χ3n) is 4.42. The van der Waals surface area contributed by atoms with Crippen molar-refractivity contribution in [2.24, 2.45) is 5.92 Å². The second kappa shape index (κ2) is 8.62. The topological polar surface area (TPSA) is 84.9 Å². The summed E-state index contributed by atoms with van der Waals surface area (Å²) in [6.45, 7) is 3.46. The third-order valence-corrected chi connectivity index (χ3v) is 4.42. The van der Waals surface area contributed by atoms with E-state index in [-0.39, 0.29) is 24.3 Å². The van der Waals surface area contributed by atoms with Gasteiger partial charge >= 0.3 is 11.9 Å². The average Bonchev–Trinajstić information content (AvgIpc) is 2.62. The largest absolute Gasteiger partial charge is 0.469 e. The molecule has 0 aliphatic carbocycles. The summed E-state index contributed by atoms with van der Waals surface area (Å²) < 4.78 is 9.46. The van der Waals surface area contributed by atoms with Gasteiger partial charge in [0.25, 0.3) is 0 Å². The quantitative estimate of drug-likeness (QED) is 0.814. The van der Waals surface area contributed by atoms with Crippen LogP contribution >= 0.6 is 0 Å². The number of ether oxygens (including phenoxy) is 2. The first-order valence-electron chi connectivity index (χ1n) is 8.23. The van der Waals surface area contributed by atoms with Gasteiger partial charge < -0.3 is 14.8 Å².